The summed E-state index contributed by atoms with van der Waals surface area (Å²) in [5.74, 6) is 0. The molecule has 0 radical (unpaired) electrons. The van der Waals surface area contributed by atoms with Crippen LogP contribution < -0.4 is 0 Å². The van der Waals surface area contributed by atoms with E-state index in [4.69, 9.17) is 5.21 Å². The summed E-state index contributed by atoms with van der Waals surface area (Å²) < 4.78 is 0. The second-order valence-corrected chi connectivity index (χ2v) is 4.04. The molecule has 0 fully saturated rings. The lowest BCUT2D eigenvalue weighted by molar-refractivity contribution is 0.304. The second kappa shape index (κ2) is 4.03. The first-order valence-electron chi connectivity index (χ1n) is 5.55. The SMILES string of the molecule is CCN1CCCC2=C1/C(=N/O)CCC2. The molecule has 2 rings (SSSR count). The van der Waals surface area contributed by atoms with Crippen LogP contribution in [0, 0.1) is 0 Å². The maximum Gasteiger partial charge on any atom is 0.103 e. The lowest BCUT2D eigenvalue weighted by Crippen LogP contribution is -2.34. The summed E-state index contributed by atoms with van der Waals surface area (Å²) in [5.41, 5.74) is 3.68. The van der Waals surface area contributed by atoms with Gasteiger partial charge in [-0.15, -0.1) is 0 Å². The first-order chi connectivity index (χ1) is 6.86. The standard InChI is InChI=1S/C11H18N2O/c1-2-13-8-4-6-9-5-3-7-10(12-14)11(9)13/h14H,2-8H2,1H3/b12-10+. The summed E-state index contributed by atoms with van der Waals surface area (Å²) in [6, 6.07) is 0. The Bertz CT molecular complexity index is 277. The molecule has 0 saturated carbocycles. The number of allylic oxidation sites excluding steroid dienone is 2. The molecule has 0 aromatic heterocycles. The van der Waals surface area contributed by atoms with Crippen molar-refractivity contribution in [2.24, 2.45) is 5.16 Å². The molecule has 3 nitrogen and oxygen atoms in total. The first-order valence-corrected chi connectivity index (χ1v) is 5.55. The second-order valence-electron chi connectivity index (χ2n) is 4.04. The van der Waals surface area contributed by atoms with Crippen LogP contribution in [0.15, 0.2) is 16.4 Å². The van der Waals surface area contributed by atoms with E-state index in [2.05, 4.69) is 17.0 Å². The van der Waals surface area contributed by atoms with Crippen LogP contribution in [-0.4, -0.2) is 28.9 Å². The predicted molar refractivity (Wildman–Crippen MR) is 56.6 cm³/mol. The van der Waals surface area contributed by atoms with Gasteiger partial charge < -0.3 is 10.1 Å². The van der Waals surface area contributed by atoms with Crippen LogP contribution in [0.2, 0.25) is 0 Å². The van der Waals surface area contributed by atoms with Gasteiger partial charge in [0.1, 0.15) is 5.71 Å². The van der Waals surface area contributed by atoms with Gasteiger partial charge in [0.25, 0.3) is 0 Å². The largest absolute Gasteiger partial charge is 0.411 e. The third-order valence-corrected chi connectivity index (χ3v) is 3.23. The first kappa shape index (κ1) is 9.56. The Morgan fingerprint density at radius 1 is 1.29 bits per heavy atom. The van der Waals surface area contributed by atoms with E-state index in [0.29, 0.717) is 0 Å². The number of nitrogens with zero attached hydrogens (tertiary/aromatic N) is 2. The summed E-state index contributed by atoms with van der Waals surface area (Å²) in [4.78, 5) is 2.35. The van der Waals surface area contributed by atoms with Crippen LogP contribution in [0.1, 0.15) is 39.0 Å². The minimum Gasteiger partial charge on any atom is -0.411 e. The third kappa shape index (κ3) is 1.51. The fourth-order valence-electron chi connectivity index (χ4n) is 2.57. The molecule has 0 aromatic rings. The van der Waals surface area contributed by atoms with Crippen molar-refractivity contribution in [1.29, 1.82) is 0 Å². The van der Waals surface area contributed by atoms with E-state index in [1.807, 2.05) is 0 Å². The monoisotopic (exact) mass is 194 g/mol. The van der Waals surface area contributed by atoms with Gasteiger partial charge in [0.15, 0.2) is 0 Å². The van der Waals surface area contributed by atoms with Crippen LogP contribution in [-0.2, 0) is 0 Å². The molecular weight excluding hydrogens is 176 g/mol. The van der Waals surface area contributed by atoms with Gasteiger partial charge in [-0.1, -0.05) is 5.16 Å². The molecule has 0 atom stereocenters. The number of rotatable bonds is 1. The quantitative estimate of drug-likeness (QED) is 0.514. The molecule has 14 heavy (non-hydrogen) atoms. The van der Waals surface area contributed by atoms with E-state index in [0.717, 1.165) is 31.6 Å². The van der Waals surface area contributed by atoms with Crippen molar-refractivity contribution in [2.75, 3.05) is 13.1 Å². The maximum atomic E-state index is 8.97. The van der Waals surface area contributed by atoms with Gasteiger partial charge in [0.2, 0.25) is 0 Å². The molecular formula is C11H18N2O. The van der Waals surface area contributed by atoms with Gasteiger partial charge in [0.05, 0.1) is 5.70 Å². The Balaban J connectivity index is 2.34. The lowest BCUT2D eigenvalue weighted by Gasteiger charge is -2.35. The highest BCUT2D eigenvalue weighted by atomic mass is 16.4. The van der Waals surface area contributed by atoms with E-state index < -0.39 is 0 Å². The van der Waals surface area contributed by atoms with E-state index in [1.165, 1.54) is 30.5 Å². The van der Waals surface area contributed by atoms with Gasteiger partial charge in [-0.2, -0.15) is 0 Å². The van der Waals surface area contributed by atoms with Crippen LogP contribution >= 0.6 is 0 Å². The topological polar surface area (TPSA) is 35.8 Å². The molecule has 0 amide bonds. The van der Waals surface area contributed by atoms with Crippen molar-refractivity contribution in [2.45, 2.75) is 39.0 Å². The van der Waals surface area contributed by atoms with E-state index >= 15 is 0 Å². The summed E-state index contributed by atoms with van der Waals surface area (Å²) >= 11 is 0. The van der Waals surface area contributed by atoms with Crippen molar-refractivity contribution >= 4 is 5.71 Å². The highest BCUT2D eigenvalue weighted by Crippen LogP contribution is 2.32. The van der Waals surface area contributed by atoms with Crippen LogP contribution in [0.4, 0.5) is 0 Å². The van der Waals surface area contributed by atoms with Crippen molar-refractivity contribution in [3.63, 3.8) is 0 Å². The van der Waals surface area contributed by atoms with Crippen molar-refractivity contribution in [3.8, 4) is 0 Å². The lowest BCUT2D eigenvalue weighted by atomic mass is 9.88. The Hall–Kier alpha value is -0.990. The minimum atomic E-state index is 0.910. The van der Waals surface area contributed by atoms with Gasteiger partial charge in [-0.25, -0.2) is 0 Å². The zero-order valence-corrected chi connectivity index (χ0v) is 8.79. The highest BCUT2D eigenvalue weighted by Gasteiger charge is 2.26. The molecule has 78 valence electrons. The Morgan fingerprint density at radius 2 is 2.07 bits per heavy atom. The fraction of sp³-hybridized carbons (Fsp3) is 0.727. The minimum absolute atomic E-state index is 0.910. The average molecular weight is 194 g/mol. The molecule has 1 aliphatic carbocycles. The average Bonchev–Trinajstić information content (AvgIpc) is 2.27. The number of hydrogen-bond donors (Lipinski definition) is 1. The zero-order valence-electron chi connectivity index (χ0n) is 8.79. The summed E-state index contributed by atoms with van der Waals surface area (Å²) in [5, 5.41) is 12.4. The van der Waals surface area contributed by atoms with Crippen LogP contribution in [0.25, 0.3) is 0 Å². The Kier molecular flexibility index (Phi) is 2.75. The zero-order chi connectivity index (χ0) is 9.97. The van der Waals surface area contributed by atoms with E-state index in [-0.39, 0.29) is 0 Å². The van der Waals surface area contributed by atoms with E-state index in [1.54, 1.807) is 0 Å². The number of oxime groups is 1. The third-order valence-electron chi connectivity index (χ3n) is 3.23. The normalized spacial score (nSPS) is 25.5. The summed E-state index contributed by atoms with van der Waals surface area (Å²) in [6.45, 7) is 4.31. The summed E-state index contributed by atoms with van der Waals surface area (Å²) in [7, 11) is 0. The molecule has 2 aliphatic rings. The van der Waals surface area contributed by atoms with Crippen molar-refractivity contribution in [3.05, 3.63) is 11.3 Å². The molecule has 0 saturated heterocycles. The van der Waals surface area contributed by atoms with Crippen molar-refractivity contribution < 1.29 is 5.21 Å². The van der Waals surface area contributed by atoms with Gasteiger partial charge in [0, 0.05) is 13.1 Å². The molecule has 0 spiro atoms. The smallest absolute Gasteiger partial charge is 0.103 e. The van der Waals surface area contributed by atoms with Crippen molar-refractivity contribution in [1.82, 2.24) is 4.90 Å². The van der Waals surface area contributed by atoms with Crippen LogP contribution in [0.5, 0.6) is 0 Å². The molecule has 1 aliphatic heterocycles. The predicted octanol–water partition coefficient (Wildman–Crippen LogP) is 2.37. The Labute approximate surface area is 85.1 Å². The molecule has 1 heterocycles. The van der Waals surface area contributed by atoms with Gasteiger partial charge in [-0.05, 0) is 44.6 Å². The van der Waals surface area contributed by atoms with E-state index in [9.17, 15) is 0 Å². The highest BCUT2D eigenvalue weighted by molar-refractivity contribution is 6.00. The number of hydrogen-bond acceptors (Lipinski definition) is 3. The molecule has 1 N–H and O–H groups in total. The molecule has 0 aromatic carbocycles. The van der Waals surface area contributed by atoms with Gasteiger partial charge in [-0.3, -0.25) is 0 Å². The van der Waals surface area contributed by atoms with Crippen LogP contribution in [0.3, 0.4) is 0 Å². The summed E-state index contributed by atoms with van der Waals surface area (Å²) in [6.07, 6.45) is 5.74. The molecule has 0 unspecified atom stereocenters. The maximum absolute atomic E-state index is 8.97. The molecule has 0 bridgehead atoms. The fourth-order valence-corrected chi connectivity index (χ4v) is 2.57. The Morgan fingerprint density at radius 3 is 2.79 bits per heavy atom. The van der Waals surface area contributed by atoms with Gasteiger partial charge >= 0.3 is 0 Å². The molecule has 3 heteroatoms.